The standard InChI is InChI=1S/C22H27N5O4/c28-19-14-17(15-27(19)18-4-2-1-3-5-18)21(29)25-8-6-16(7-9-25)20-23-22(24-31-20)26-10-12-30-13-11-26/h1-5,16-17H,6-15H2/t17-/m1/s1. The third-order valence-electron chi connectivity index (χ3n) is 6.42. The van der Waals surface area contributed by atoms with Gasteiger partial charge in [-0.15, -0.1) is 0 Å². The fourth-order valence-electron chi connectivity index (χ4n) is 4.62. The second-order valence-corrected chi connectivity index (χ2v) is 8.37. The first kappa shape index (κ1) is 20.0. The first-order valence-corrected chi connectivity index (χ1v) is 11.0. The van der Waals surface area contributed by atoms with Gasteiger partial charge in [-0.2, -0.15) is 4.98 Å². The summed E-state index contributed by atoms with van der Waals surface area (Å²) >= 11 is 0. The second-order valence-electron chi connectivity index (χ2n) is 8.37. The van der Waals surface area contributed by atoms with Gasteiger partial charge >= 0.3 is 0 Å². The highest BCUT2D eigenvalue weighted by Gasteiger charge is 2.38. The van der Waals surface area contributed by atoms with Gasteiger partial charge in [0.15, 0.2) is 0 Å². The molecule has 0 N–H and O–H groups in total. The predicted octanol–water partition coefficient (Wildman–Crippen LogP) is 1.67. The fourth-order valence-corrected chi connectivity index (χ4v) is 4.62. The van der Waals surface area contributed by atoms with Crippen LogP contribution in [0.4, 0.5) is 11.6 Å². The summed E-state index contributed by atoms with van der Waals surface area (Å²) in [4.78, 5) is 35.8. The van der Waals surface area contributed by atoms with Gasteiger partial charge in [0.2, 0.25) is 17.7 Å². The monoisotopic (exact) mass is 425 g/mol. The normalized spacial score (nSPS) is 22.9. The lowest BCUT2D eigenvalue weighted by Crippen LogP contribution is -2.42. The summed E-state index contributed by atoms with van der Waals surface area (Å²) in [5, 5.41) is 4.14. The average Bonchev–Trinajstić information content (AvgIpc) is 3.47. The number of hydrogen-bond acceptors (Lipinski definition) is 7. The molecule has 0 bridgehead atoms. The van der Waals surface area contributed by atoms with Crippen LogP contribution in [0.5, 0.6) is 0 Å². The van der Waals surface area contributed by atoms with Crippen LogP contribution in [0.2, 0.25) is 0 Å². The van der Waals surface area contributed by atoms with Crippen molar-refractivity contribution in [1.82, 2.24) is 15.0 Å². The molecule has 0 saturated carbocycles. The van der Waals surface area contributed by atoms with Crippen molar-refractivity contribution in [2.24, 2.45) is 5.92 Å². The Morgan fingerprint density at radius 3 is 2.52 bits per heavy atom. The van der Waals surface area contributed by atoms with Crippen molar-refractivity contribution in [2.45, 2.75) is 25.2 Å². The van der Waals surface area contributed by atoms with Gasteiger partial charge in [-0.1, -0.05) is 18.2 Å². The van der Waals surface area contributed by atoms with Gasteiger partial charge < -0.3 is 24.0 Å². The van der Waals surface area contributed by atoms with Crippen LogP contribution in [0.1, 0.15) is 31.1 Å². The molecule has 3 fully saturated rings. The van der Waals surface area contributed by atoms with E-state index in [-0.39, 0.29) is 30.1 Å². The number of hydrogen-bond donors (Lipinski definition) is 0. The third kappa shape index (κ3) is 4.14. The van der Waals surface area contributed by atoms with E-state index in [2.05, 4.69) is 15.0 Å². The maximum absolute atomic E-state index is 13.1. The summed E-state index contributed by atoms with van der Waals surface area (Å²) in [6.07, 6.45) is 1.86. The Labute approximate surface area is 180 Å². The summed E-state index contributed by atoms with van der Waals surface area (Å²) in [6.45, 7) is 4.64. The number of ether oxygens (including phenoxy) is 1. The van der Waals surface area contributed by atoms with E-state index in [9.17, 15) is 9.59 Å². The number of rotatable bonds is 4. The number of para-hydroxylation sites is 1. The van der Waals surface area contributed by atoms with E-state index in [1.807, 2.05) is 35.2 Å². The van der Waals surface area contributed by atoms with Crippen molar-refractivity contribution in [1.29, 1.82) is 0 Å². The predicted molar refractivity (Wildman–Crippen MR) is 113 cm³/mol. The Morgan fingerprint density at radius 1 is 1.03 bits per heavy atom. The van der Waals surface area contributed by atoms with Crippen molar-refractivity contribution in [2.75, 3.05) is 55.7 Å². The van der Waals surface area contributed by atoms with Crippen LogP contribution in [-0.4, -0.2) is 72.8 Å². The van der Waals surface area contributed by atoms with E-state index in [0.717, 1.165) is 31.6 Å². The molecule has 3 aliphatic heterocycles. The smallest absolute Gasteiger partial charge is 0.266 e. The number of carbonyl (C=O) groups excluding carboxylic acids is 2. The molecule has 0 spiro atoms. The number of anilines is 2. The minimum atomic E-state index is -0.277. The SMILES string of the molecule is O=C([C@@H]1CC(=O)N(c2ccccc2)C1)N1CCC(c2nc(N3CCOCC3)no2)CC1. The molecule has 2 aromatic rings. The zero-order valence-corrected chi connectivity index (χ0v) is 17.5. The molecule has 0 aliphatic carbocycles. The number of benzene rings is 1. The molecule has 164 valence electrons. The maximum Gasteiger partial charge on any atom is 0.266 e. The van der Waals surface area contributed by atoms with E-state index in [1.54, 1.807) is 4.90 Å². The summed E-state index contributed by atoms with van der Waals surface area (Å²) < 4.78 is 10.9. The quantitative estimate of drug-likeness (QED) is 0.736. The van der Waals surface area contributed by atoms with Crippen LogP contribution in [0.3, 0.4) is 0 Å². The van der Waals surface area contributed by atoms with Gasteiger partial charge in [0, 0.05) is 50.7 Å². The van der Waals surface area contributed by atoms with Crippen molar-refractivity contribution >= 4 is 23.5 Å². The second kappa shape index (κ2) is 8.66. The molecular formula is C22H27N5O4. The van der Waals surface area contributed by atoms with Crippen molar-refractivity contribution in [3.05, 3.63) is 36.2 Å². The van der Waals surface area contributed by atoms with Crippen LogP contribution in [0, 0.1) is 5.92 Å². The number of likely N-dealkylation sites (tertiary alicyclic amines) is 1. The maximum atomic E-state index is 13.1. The van der Waals surface area contributed by atoms with Crippen LogP contribution in [0.25, 0.3) is 0 Å². The number of morpholine rings is 1. The largest absolute Gasteiger partial charge is 0.378 e. The number of piperidine rings is 1. The summed E-state index contributed by atoms with van der Waals surface area (Å²) in [7, 11) is 0. The molecule has 3 saturated heterocycles. The van der Waals surface area contributed by atoms with Crippen LogP contribution >= 0.6 is 0 Å². The fraction of sp³-hybridized carbons (Fsp3) is 0.545. The highest BCUT2D eigenvalue weighted by Crippen LogP contribution is 2.31. The first-order chi connectivity index (χ1) is 15.2. The minimum Gasteiger partial charge on any atom is -0.378 e. The molecular weight excluding hydrogens is 398 g/mol. The van der Waals surface area contributed by atoms with Gasteiger partial charge in [-0.05, 0) is 30.1 Å². The lowest BCUT2D eigenvalue weighted by molar-refractivity contribution is -0.136. The Kier molecular flexibility index (Phi) is 5.59. The molecule has 9 heteroatoms. The molecule has 5 rings (SSSR count). The zero-order valence-electron chi connectivity index (χ0n) is 17.5. The van der Waals surface area contributed by atoms with E-state index < -0.39 is 0 Å². The molecule has 3 aliphatic rings. The Bertz CT molecular complexity index is 919. The molecule has 9 nitrogen and oxygen atoms in total. The average molecular weight is 425 g/mol. The van der Waals surface area contributed by atoms with Crippen molar-refractivity contribution < 1.29 is 18.8 Å². The number of aromatic nitrogens is 2. The van der Waals surface area contributed by atoms with Crippen molar-refractivity contribution in [3.8, 4) is 0 Å². The molecule has 1 aromatic carbocycles. The summed E-state index contributed by atoms with van der Waals surface area (Å²) in [6, 6.07) is 9.55. The van der Waals surface area contributed by atoms with Gasteiger partial charge in [0.25, 0.3) is 5.95 Å². The highest BCUT2D eigenvalue weighted by atomic mass is 16.5. The minimum absolute atomic E-state index is 0.0148. The highest BCUT2D eigenvalue weighted by molar-refractivity contribution is 6.00. The molecule has 2 amide bonds. The number of carbonyl (C=O) groups is 2. The Hall–Kier alpha value is -2.94. The Balaban J connectivity index is 1.16. The molecule has 1 atom stereocenters. The third-order valence-corrected chi connectivity index (χ3v) is 6.42. The summed E-state index contributed by atoms with van der Waals surface area (Å²) in [5.41, 5.74) is 0.856. The molecule has 31 heavy (non-hydrogen) atoms. The van der Waals surface area contributed by atoms with Crippen molar-refractivity contribution in [3.63, 3.8) is 0 Å². The van der Waals surface area contributed by atoms with Gasteiger partial charge in [-0.3, -0.25) is 9.59 Å². The van der Waals surface area contributed by atoms with Crippen LogP contribution in [-0.2, 0) is 14.3 Å². The van der Waals surface area contributed by atoms with Gasteiger partial charge in [0.1, 0.15) is 0 Å². The zero-order chi connectivity index (χ0) is 21.2. The Morgan fingerprint density at radius 2 is 1.77 bits per heavy atom. The van der Waals surface area contributed by atoms with Gasteiger partial charge in [0.05, 0.1) is 19.1 Å². The van der Waals surface area contributed by atoms with Crippen LogP contribution in [0.15, 0.2) is 34.9 Å². The summed E-state index contributed by atoms with van der Waals surface area (Å²) in [5.74, 6) is 1.26. The molecule has 4 heterocycles. The lowest BCUT2D eigenvalue weighted by atomic mass is 9.95. The first-order valence-electron chi connectivity index (χ1n) is 11.0. The van der Waals surface area contributed by atoms with E-state index in [4.69, 9.17) is 9.26 Å². The molecule has 0 unspecified atom stereocenters. The lowest BCUT2D eigenvalue weighted by Gasteiger charge is -2.32. The van der Waals surface area contributed by atoms with E-state index in [1.165, 1.54) is 0 Å². The van der Waals surface area contributed by atoms with Gasteiger partial charge in [-0.25, -0.2) is 0 Å². The number of nitrogens with zero attached hydrogens (tertiary/aromatic N) is 5. The topological polar surface area (TPSA) is 92.0 Å². The van der Waals surface area contributed by atoms with E-state index in [0.29, 0.717) is 44.7 Å². The molecule has 1 aromatic heterocycles. The molecule has 0 radical (unpaired) electrons. The van der Waals surface area contributed by atoms with Crippen LogP contribution < -0.4 is 9.80 Å². The van der Waals surface area contributed by atoms with E-state index >= 15 is 0 Å². The number of amides is 2.